The second-order valence-electron chi connectivity index (χ2n) is 33.2. The number of sulfonamides is 1. The molecule has 11 heterocycles. The van der Waals surface area contributed by atoms with E-state index in [9.17, 15) is 77.1 Å². The number of likely N-dealkylation sites (N-methyl/N-ethyl adjacent to an activating group) is 2. The van der Waals surface area contributed by atoms with E-state index in [2.05, 4.69) is 113 Å². The van der Waals surface area contributed by atoms with Crippen LogP contribution in [0, 0.1) is 78.1 Å². The number of hydrogen-bond acceptors (Lipinski definition) is 30. The van der Waals surface area contributed by atoms with Crippen LogP contribution in [0.3, 0.4) is 0 Å². The third-order valence-corrected chi connectivity index (χ3v) is 23.2. The number of piperidine rings is 1. The van der Waals surface area contributed by atoms with E-state index < -0.39 is 84.7 Å². The summed E-state index contributed by atoms with van der Waals surface area (Å²) in [5.74, 6) is -3.57. The van der Waals surface area contributed by atoms with Crippen molar-refractivity contribution in [3.63, 3.8) is 0 Å². The Bertz CT molecular complexity index is 8440. The number of nitrogens with zero attached hydrogens (tertiary/aromatic N) is 18. The SMILES string of the molecule is C=CC(=O)N1CCCC(Cn2cc(Nc3ncc4cc(Oc5ccc(F)cc5F)c(=O)n(C)c4n3)c(C)n2)C1.C=CC(=O)Nc1cnc(C)c(Nc2ncc3cc(Oc4ccc(F)cc4F)c(=O)n(C)c3n2)c1.C=CS(=O)(=O)Nc1cccc(-n2c(=O)c(Oc3ccc(F)cc3F)cc3cnc(N)nc32)c1.CC#CC(=O)Nc1cc(Nc2ncc3cc(Oc4ccc(F)cc4F)c(=O)n(C)c3n2)c(OC)cc1N(C)CCN(C)C. The minimum Gasteiger partial charge on any atom is -0.494 e. The molecule has 149 heavy (non-hydrogen) atoms. The number of hydrogen-bond donors (Lipinski definition) is 7. The molecule has 0 radical (unpaired) electrons. The summed E-state index contributed by atoms with van der Waals surface area (Å²) in [6, 6.07) is 27.5. The third kappa shape index (κ3) is 25.9. The number of anilines is 11. The number of fused-ring (bicyclic) bond motifs is 4. The number of nitrogens with one attached hydrogen (secondary N) is 6. The average Bonchev–Trinajstić information content (AvgIpc) is 0.804. The van der Waals surface area contributed by atoms with Gasteiger partial charge in [-0.15, -0.1) is 0 Å². The Morgan fingerprint density at radius 2 is 0.993 bits per heavy atom. The zero-order chi connectivity index (χ0) is 107. The molecule has 16 aromatic rings. The summed E-state index contributed by atoms with van der Waals surface area (Å²) in [4.78, 5) is 132. The summed E-state index contributed by atoms with van der Waals surface area (Å²) < 4.78 is 169. The minimum absolute atomic E-state index is 0.0529. The van der Waals surface area contributed by atoms with Crippen molar-refractivity contribution in [2.45, 2.75) is 40.2 Å². The van der Waals surface area contributed by atoms with Crippen molar-refractivity contribution in [1.29, 1.82) is 0 Å². The second kappa shape index (κ2) is 46.3. The number of halogens is 8. The van der Waals surface area contributed by atoms with Crippen molar-refractivity contribution in [3.8, 4) is 69.3 Å². The van der Waals surface area contributed by atoms with Gasteiger partial charge in [0.2, 0.25) is 35.6 Å². The topological polar surface area (TPSA) is 461 Å². The number of nitrogen functional groups attached to an aromatic ring is 1. The average molecular weight is 2060 g/mol. The number of rotatable bonds is 29. The Morgan fingerprint density at radius 3 is 1.46 bits per heavy atom. The van der Waals surface area contributed by atoms with Gasteiger partial charge in [0.05, 0.1) is 70.2 Å². The van der Waals surface area contributed by atoms with Crippen molar-refractivity contribution in [2.75, 3.05) is 96.4 Å². The molecule has 1 aliphatic heterocycles. The van der Waals surface area contributed by atoms with Crippen molar-refractivity contribution in [2.24, 2.45) is 27.1 Å². The number of nitrogens with two attached hydrogens (primary N) is 1. The monoisotopic (exact) mass is 2060 g/mol. The molecule has 3 amide bonds. The predicted molar refractivity (Wildman–Crippen MR) is 543 cm³/mol. The number of likely N-dealkylation sites (tertiary alicyclic amines) is 1. The molecule has 48 heteroatoms. The molecule has 10 aromatic heterocycles. The Balaban J connectivity index is 0.000000157. The molecule has 1 fully saturated rings. The third-order valence-electron chi connectivity index (χ3n) is 22.3. The number of aryl methyl sites for hydroxylation is 5. The lowest BCUT2D eigenvalue weighted by molar-refractivity contribution is -0.127. The molecular formula is C101H91F8N25O14S. The molecule has 0 aliphatic carbocycles. The first-order valence-corrected chi connectivity index (χ1v) is 46.2. The smallest absolute Gasteiger partial charge is 0.300 e. The first-order valence-electron chi connectivity index (χ1n) is 44.7. The maximum Gasteiger partial charge on any atom is 0.300 e. The minimum atomic E-state index is -3.80. The van der Waals surface area contributed by atoms with Crippen LogP contribution in [0.15, 0.2) is 233 Å². The van der Waals surface area contributed by atoms with E-state index in [0.717, 1.165) is 96.2 Å². The maximum absolute atomic E-state index is 14.1. The van der Waals surface area contributed by atoms with E-state index in [0.29, 0.717) is 117 Å². The molecule has 1 aliphatic rings. The molecule has 0 bridgehead atoms. The molecule has 8 N–H and O–H groups in total. The number of pyridine rings is 5. The van der Waals surface area contributed by atoms with Crippen molar-refractivity contribution in [1.82, 2.24) is 82.7 Å². The molecular weight excluding hydrogens is 1970 g/mol. The Labute approximate surface area is 841 Å². The number of carbonyl (C=O) groups excluding carboxylic acids is 3. The largest absolute Gasteiger partial charge is 0.494 e. The van der Waals surface area contributed by atoms with Crippen LogP contribution in [-0.4, -0.2) is 163 Å². The summed E-state index contributed by atoms with van der Waals surface area (Å²) in [5, 5.41) is 21.7. The lowest BCUT2D eigenvalue weighted by Crippen LogP contribution is -2.40. The van der Waals surface area contributed by atoms with Gasteiger partial charge in [-0.3, -0.25) is 66.2 Å². The van der Waals surface area contributed by atoms with Gasteiger partial charge in [0, 0.05) is 149 Å². The lowest BCUT2D eigenvalue weighted by atomic mass is 9.98. The number of methoxy groups -OCH3 is 1. The Morgan fingerprint density at radius 1 is 0.517 bits per heavy atom. The number of aromatic nitrogens is 15. The molecule has 6 aromatic carbocycles. The van der Waals surface area contributed by atoms with E-state index in [1.807, 2.05) is 53.6 Å². The van der Waals surface area contributed by atoms with Gasteiger partial charge in [-0.1, -0.05) is 31.7 Å². The second-order valence-corrected chi connectivity index (χ2v) is 34.8. The van der Waals surface area contributed by atoms with Gasteiger partial charge >= 0.3 is 0 Å². The summed E-state index contributed by atoms with van der Waals surface area (Å²) in [6.07, 6.45) is 13.6. The van der Waals surface area contributed by atoms with Crippen LogP contribution in [0.5, 0.6) is 51.7 Å². The lowest BCUT2D eigenvalue weighted by Gasteiger charge is -2.32. The zero-order valence-corrected chi connectivity index (χ0v) is 81.7. The fraction of sp³-hybridized carbons (Fsp3) is 0.178. The van der Waals surface area contributed by atoms with Gasteiger partial charge in [-0.25, -0.2) is 63.5 Å². The highest BCUT2D eigenvalue weighted by Crippen LogP contribution is 2.40. The standard InChI is InChI=1S/C30H31F2N7O4.C27H27F2N7O3.C23H18F2N6O3.C21H15F2N5O4S/c1-7-8-27(40)34-21-15-22(25(42-6)16-23(21)38(4)12-11-37(2)3)35-30-33-17-18-13-26(29(41)39(5)28(18)36-30)43-24-10-9-19(31)14-20(24)32;1-4-24(37)35-9-5-6-17(13-35)14-36-15-21(16(2)33-36)31-27-30-12-18-10-23(26(38)34(3)25(18)32-27)39-22-8-7-19(28)11-20(22)29;1-4-20(32)28-15-9-17(12(2)26-11-15)29-23-27-10-13-7-19(22(33)31(3)21(13)30-23)34-18-6-5-14(24)8-16(18)25;1-2-33(30,31)27-14-4-3-5-15(10-14)28-19-12(11-25-21(24)26-19)8-18(20(28)29)32-17-7-6-13(22)9-16(17)23/h9-10,13-17H,11-12H2,1-6H3,(H,34,40)(H,33,35,36);4,7-8,10-12,15,17H,1,5-6,9,13-14H2,2-3H3,(H,30,31,32);4-11H,1H2,2-3H3,(H,28,32)(H,27,29,30);2-11,27H,1H2,(H2,24,25,26). The van der Waals surface area contributed by atoms with E-state index in [4.69, 9.17) is 29.4 Å². The molecule has 17 rings (SSSR count). The highest BCUT2D eigenvalue weighted by molar-refractivity contribution is 7.95. The molecule has 0 spiro atoms. The number of ether oxygens (including phenoxy) is 5. The first kappa shape index (κ1) is 106. The maximum atomic E-state index is 14.1. The highest BCUT2D eigenvalue weighted by Gasteiger charge is 2.28. The van der Waals surface area contributed by atoms with Crippen LogP contribution in [0.25, 0.3) is 49.8 Å². The summed E-state index contributed by atoms with van der Waals surface area (Å²) in [5.41, 5.74) is 9.27. The number of amides is 3. The predicted octanol–water partition coefficient (Wildman–Crippen LogP) is 15.5. The summed E-state index contributed by atoms with van der Waals surface area (Å²) in [6.45, 7) is 18.9. The number of benzene rings is 6. The van der Waals surface area contributed by atoms with Crippen molar-refractivity contribution in [3.05, 3.63) is 313 Å². The van der Waals surface area contributed by atoms with Crippen LogP contribution in [0.1, 0.15) is 31.2 Å². The summed E-state index contributed by atoms with van der Waals surface area (Å²) >= 11 is 0. The quantitative estimate of drug-likeness (QED) is 0.0130. The molecule has 39 nitrogen and oxygen atoms in total. The molecule has 1 unspecified atom stereocenters. The van der Waals surface area contributed by atoms with Crippen LogP contribution in [0.2, 0.25) is 0 Å². The van der Waals surface area contributed by atoms with E-state index >= 15 is 0 Å². The first-order chi connectivity index (χ1) is 71.1. The van der Waals surface area contributed by atoms with E-state index in [1.165, 1.54) is 128 Å². The Hall–Kier alpha value is -18.8. The van der Waals surface area contributed by atoms with Crippen molar-refractivity contribution < 1.29 is 81.6 Å². The van der Waals surface area contributed by atoms with Crippen molar-refractivity contribution >= 4 is 135 Å². The van der Waals surface area contributed by atoms with Crippen LogP contribution >= 0.6 is 0 Å². The van der Waals surface area contributed by atoms with Gasteiger partial charge in [0.25, 0.3) is 38.2 Å². The van der Waals surface area contributed by atoms with Crippen LogP contribution in [-0.2, 0) is 52.1 Å². The van der Waals surface area contributed by atoms with Gasteiger partial charge < -0.3 is 70.7 Å². The molecule has 0 saturated carbocycles. The van der Waals surface area contributed by atoms with E-state index in [-0.39, 0.29) is 116 Å². The van der Waals surface area contributed by atoms with Gasteiger partial charge in [0.15, 0.2) is 74.9 Å². The zero-order valence-electron chi connectivity index (χ0n) is 80.9. The summed E-state index contributed by atoms with van der Waals surface area (Å²) in [7, 11) is 8.04. The fourth-order valence-electron chi connectivity index (χ4n) is 14.9. The molecule has 1 saturated heterocycles. The molecule has 766 valence electrons. The van der Waals surface area contributed by atoms with E-state index in [1.54, 1.807) is 32.0 Å². The Kier molecular flexibility index (Phi) is 32.9. The molecule has 1 atom stereocenters. The fourth-order valence-corrected chi connectivity index (χ4v) is 15.4. The van der Waals surface area contributed by atoms with Crippen LogP contribution in [0.4, 0.5) is 98.7 Å². The van der Waals surface area contributed by atoms with Crippen LogP contribution < -0.4 is 87.9 Å². The van der Waals surface area contributed by atoms with Gasteiger partial charge in [-0.2, -0.15) is 25.0 Å². The highest BCUT2D eigenvalue weighted by atomic mass is 32.2. The normalized spacial score (nSPS) is 12.1. The van der Waals surface area contributed by atoms with Gasteiger partial charge in [0.1, 0.15) is 46.0 Å². The van der Waals surface area contributed by atoms with Gasteiger partial charge in [-0.05, 0) is 175 Å². The number of carbonyl (C=O) groups is 3.